The van der Waals surface area contributed by atoms with Crippen molar-refractivity contribution >= 4 is 29.0 Å². The summed E-state index contributed by atoms with van der Waals surface area (Å²) < 4.78 is 0. The monoisotopic (exact) mass is 331 g/mol. The van der Waals surface area contributed by atoms with E-state index in [9.17, 15) is 4.79 Å². The quantitative estimate of drug-likeness (QED) is 0.835. The van der Waals surface area contributed by atoms with Crippen LogP contribution in [0.5, 0.6) is 0 Å². The smallest absolute Gasteiger partial charge is 0.227 e. The van der Waals surface area contributed by atoms with E-state index in [0.717, 1.165) is 30.1 Å². The van der Waals surface area contributed by atoms with E-state index in [2.05, 4.69) is 31.2 Å². The molecule has 0 N–H and O–H groups in total. The summed E-state index contributed by atoms with van der Waals surface area (Å²) >= 11 is 3.66. The molecule has 2 aromatic rings. The molecule has 1 unspecified atom stereocenters. The summed E-state index contributed by atoms with van der Waals surface area (Å²) in [5, 5.41) is 2.55. The first-order chi connectivity index (χ1) is 10.7. The number of carbonyl (C=O) groups is 1. The van der Waals surface area contributed by atoms with Crippen LogP contribution in [-0.4, -0.2) is 29.6 Å². The molecule has 1 aromatic heterocycles. The number of hydrogen-bond donors (Lipinski definition) is 0. The maximum atomic E-state index is 12.5. The molecule has 1 saturated heterocycles. The van der Waals surface area contributed by atoms with E-state index in [-0.39, 0.29) is 5.91 Å². The molecular weight excluding hydrogens is 310 g/mol. The van der Waals surface area contributed by atoms with E-state index in [1.54, 1.807) is 11.3 Å². The summed E-state index contributed by atoms with van der Waals surface area (Å²) in [6.45, 7) is 3.92. The van der Waals surface area contributed by atoms with E-state index in [1.807, 2.05) is 34.2 Å². The number of amides is 1. The normalized spacial score (nSPS) is 19.0. The molecule has 3 rings (SSSR count). The number of thioether (sulfide) groups is 1. The first-order valence-electron chi connectivity index (χ1n) is 7.71. The average molecular weight is 332 g/mol. The Morgan fingerprint density at radius 3 is 2.86 bits per heavy atom. The molecule has 1 aliphatic rings. The lowest BCUT2D eigenvalue weighted by Crippen LogP contribution is -2.34. The van der Waals surface area contributed by atoms with Crippen LogP contribution in [0.15, 0.2) is 41.8 Å². The molecular formula is C18H21NOS2. The van der Waals surface area contributed by atoms with E-state index in [0.29, 0.717) is 11.7 Å². The van der Waals surface area contributed by atoms with Crippen LogP contribution >= 0.6 is 23.1 Å². The average Bonchev–Trinajstić information content (AvgIpc) is 2.90. The van der Waals surface area contributed by atoms with Crippen molar-refractivity contribution in [3.8, 4) is 0 Å². The van der Waals surface area contributed by atoms with Gasteiger partial charge in [0.1, 0.15) is 0 Å². The SMILES string of the molecule is Cc1ccccc1C1CCN(C(=O)Cc2cccs2)CCS1. The third-order valence-corrected chi connectivity index (χ3v) is 6.32. The van der Waals surface area contributed by atoms with Crippen molar-refractivity contribution in [3.05, 3.63) is 57.8 Å². The van der Waals surface area contributed by atoms with Crippen molar-refractivity contribution in [1.29, 1.82) is 0 Å². The Balaban J connectivity index is 1.62. The topological polar surface area (TPSA) is 20.3 Å². The minimum Gasteiger partial charge on any atom is -0.342 e. The maximum Gasteiger partial charge on any atom is 0.227 e. The Labute approximate surface area is 140 Å². The van der Waals surface area contributed by atoms with Crippen LogP contribution in [0.25, 0.3) is 0 Å². The van der Waals surface area contributed by atoms with Gasteiger partial charge in [-0.15, -0.1) is 11.3 Å². The first-order valence-corrected chi connectivity index (χ1v) is 9.64. The summed E-state index contributed by atoms with van der Waals surface area (Å²) in [5.41, 5.74) is 2.79. The van der Waals surface area contributed by atoms with E-state index in [4.69, 9.17) is 0 Å². The lowest BCUT2D eigenvalue weighted by molar-refractivity contribution is -0.130. The molecule has 1 amide bonds. The van der Waals surface area contributed by atoms with Gasteiger partial charge in [-0.05, 0) is 35.9 Å². The Bertz CT molecular complexity index is 624. The van der Waals surface area contributed by atoms with Gasteiger partial charge < -0.3 is 4.90 Å². The Kier molecular flexibility index (Phi) is 5.21. The molecule has 1 atom stereocenters. The van der Waals surface area contributed by atoms with Crippen molar-refractivity contribution in [2.45, 2.75) is 25.0 Å². The summed E-state index contributed by atoms with van der Waals surface area (Å²) in [4.78, 5) is 15.7. The van der Waals surface area contributed by atoms with Crippen LogP contribution in [0.4, 0.5) is 0 Å². The van der Waals surface area contributed by atoms with Crippen LogP contribution in [0.1, 0.15) is 27.7 Å². The molecule has 0 saturated carbocycles. The Morgan fingerprint density at radius 1 is 1.23 bits per heavy atom. The fourth-order valence-corrected chi connectivity index (χ4v) is 4.91. The van der Waals surface area contributed by atoms with Gasteiger partial charge in [-0.2, -0.15) is 11.8 Å². The molecule has 0 bridgehead atoms. The second-order valence-electron chi connectivity index (χ2n) is 5.64. The number of benzene rings is 1. The van der Waals surface area contributed by atoms with Gasteiger partial charge in [0.2, 0.25) is 5.91 Å². The highest BCUT2D eigenvalue weighted by Gasteiger charge is 2.23. The molecule has 0 radical (unpaired) electrons. The zero-order valence-corrected chi connectivity index (χ0v) is 14.5. The molecule has 22 heavy (non-hydrogen) atoms. The van der Waals surface area contributed by atoms with Gasteiger partial charge >= 0.3 is 0 Å². The maximum absolute atomic E-state index is 12.5. The lowest BCUT2D eigenvalue weighted by atomic mass is 10.0. The van der Waals surface area contributed by atoms with Gasteiger partial charge in [-0.3, -0.25) is 4.79 Å². The van der Waals surface area contributed by atoms with Crippen molar-refractivity contribution in [2.75, 3.05) is 18.8 Å². The van der Waals surface area contributed by atoms with Crippen LogP contribution in [0.3, 0.4) is 0 Å². The van der Waals surface area contributed by atoms with Gasteiger partial charge in [0.05, 0.1) is 6.42 Å². The Hall–Kier alpha value is -1.26. The molecule has 1 aliphatic heterocycles. The van der Waals surface area contributed by atoms with Crippen molar-refractivity contribution in [3.63, 3.8) is 0 Å². The van der Waals surface area contributed by atoms with Gasteiger partial charge in [0, 0.05) is 29.0 Å². The van der Waals surface area contributed by atoms with Crippen LogP contribution in [0.2, 0.25) is 0 Å². The third kappa shape index (κ3) is 3.73. The van der Waals surface area contributed by atoms with Gasteiger partial charge in [-0.25, -0.2) is 0 Å². The molecule has 4 heteroatoms. The van der Waals surface area contributed by atoms with Crippen molar-refractivity contribution in [1.82, 2.24) is 4.90 Å². The summed E-state index contributed by atoms with van der Waals surface area (Å²) in [7, 11) is 0. The van der Waals surface area contributed by atoms with Gasteiger partial charge in [0.25, 0.3) is 0 Å². The molecule has 2 heterocycles. The van der Waals surface area contributed by atoms with E-state index < -0.39 is 0 Å². The lowest BCUT2D eigenvalue weighted by Gasteiger charge is -2.20. The number of hydrogen-bond acceptors (Lipinski definition) is 3. The summed E-state index contributed by atoms with van der Waals surface area (Å²) in [6.07, 6.45) is 1.60. The fraction of sp³-hybridized carbons (Fsp3) is 0.389. The predicted octanol–water partition coefficient (Wildman–Crippen LogP) is 4.31. The molecule has 0 aliphatic carbocycles. The zero-order valence-electron chi connectivity index (χ0n) is 12.8. The van der Waals surface area contributed by atoms with Crippen LogP contribution < -0.4 is 0 Å². The molecule has 0 spiro atoms. The predicted molar refractivity (Wildman–Crippen MR) is 95.6 cm³/mol. The number of nitrogens with zero attached hydrogens (tertiary/aromatic N) is 1. The highest BCUT2D eigenvalue weighted by molar-refractivity contribution is 7.99. The molecule has 1 fully saturated rings. The first kappa shape index (κ1) is 15.6. The van der Waals surface area contributed by atoms with E-state index in [1.165, 1.54) is 11.1 Å². The zero-order chi connectivity index (χ0) is 15.4. The summed E-state index contributed by atoms with van der Waals surface area (Å²) in [5.74, 6) is 1.29. The highest BCUT2D eigenvalue weighted by atomic mass is 32.2. The van der Waals surface area contributed by atoms with Gasteiger partial charge in [-0.1, -0.05) is 30.3 Å². The number of thiophene rings is 1. The van der Waals surface area contributed by atoms with Crippen molar-refractivity contribution in [2.24, 2.45) is 0 Å². The minimum atomic E-state index is 0.272. The fourth-order valence-electron chi connectivity index (χ4n) is 2.89. The minimum absolute atomic E-state index is 0.272. The van der Waals surface area contributed by atoms with Crippen LogP contribution in [0, 0.1) is 6.92 Å². The molecule has 2 nitrogen and oxygen atoms in total. The highest BCUT2D eigenvalue weighted by Crippen LogP contribution is 2.36. The number of carbonyl (C=O) groups excluding carboxylic acids is 1. The standard InChI is InChI=1S/C18H21NOS2/c1-14-5-2-3-7-16(14)17-8-9-19(10-12-22-17)18(20)13-15-6-4-11-21-15/h2-7,11,17H,8-10,12-13H2,1H3. The second-order valence-corrected chi connectivity index (χ2v) is 7.98. The van der Waals surface area contributed by atoms with Crippen molar-refractivity contribution < 1.29 is 4.79 Å². The molecule has 1 aromatic carbocycles. The summed E-state index contributed by atoms with van der Waals surface area (Å²) in [6, 6.07) is 12.7. The molecule has 116 valence electrons. The van der Waals surface area contributed by atoms with Gasteiger partial charge in [0.15, 0.2) is 0 Å². The number of aryl methyl sites for hydroxylation is 1. The Morgan fingerprint density at radius 2 is 2.09 bits per heavy atom. The second kappa shape index (κ2) is 7.34. The van der Waals surface area contributed by atoms with E-state index >= 15 is 0 Å². The largest absolute Gasteiger partial charge is 0.342 e. The van der Waals surface area contributed by atoms with Crippen LogP contribution in [-0.2, 0) is 11.2 Å². The third-order valence-electron chi connectivity index (χ3n) is 4.14. The number of rotatable bonds is 3.